The molecule has 1 saturated carbocycles. The Kier molecular flexibility index (Phi) is 3.83. The van der Waals surface area contributed by atoms with Crippen LogP contribution in [0.15, 0.2) is 21.5 Å². The first kappa shape index (κ1) is 15.3. The molecule has 1 fully saturated rings. The number of carbonyl (C=O) groups is 1. The number of amides is 1. The number of methoxy groups -OCH3 is 1. The number of rotatable bonds is 5. The molecule has 0 spiro atoms. The van der Waals surface area contributed by atoms with Crippen LogP contribution in [0.2, 0.25) is 0 Å². The van der Waals surface area contributed by atoms with E-state index in [1.807, 2.05) is 6.92 Å². The normalized spacial score (nSPS) is 16.8. The topological polar surface area (TPSA) is 98.5 Å². The molecule has 3 N–H and O–H groups in total. The molecule has 6 nitrogen and oxygen atoms in total. The first-order valence-electron chi connectivity index (χ1n) is 5.90. The second-order valence-corrected chi connectivity index (χ2v) is 7.31. The fourth-order valence-electron chi connectivity index (χ4n) is 1.84. The number of primary amides is 1. The van der Waals surface area contributed by atoms with E-state index in [9.17, 15) is 13.2 Å². The predicted molar refractivity (Wildman–Crippen MR) is 76.9 cm³/mol. The van der Waals surface area contributed by atoms with E-state index in [4.69, 9.17) is 10.5 Å². The maximum atomic E-state index is 12.4. The van der Waals surface area contributed by atoms with E-state index in [2.05, 4.69) is 20.7 Å². The molecule has 0 radical (unpaired) electrons. The van der Waals surface area contributed by atoms with E-state index in [0.717, 1.165) is 5.56 Å². The van der Waals surface area contributed by atoms with Crippen molar-refractivity contribution in [2.45, 2.75) is 30.2 Å². The largest absolute Gasteiger partial charge is 0.495 e. The summed E-state index contributed by atoms with van der Waals surface area (Å²) in [4.78, 5) is 11.3. The van der Waals surface area contributed by atoms with Gasteiger partial charge in [-0.2, -0.15) is 4.72 Å². The Bertz CT molecular complexity index is 668. The lowest BCUT2D eigenvalue weighted by atomic mass is 10.2. The van der Waals surface area contributed by atoms with Gasteiger partial charge in [0.1, 0.15) is 16.2 Å². The van der Waals surface area contributed by atoms with Crippen molar-refractivity contribution in [1.29, 1.82) is 0 Å². The molecule has 110 valence electrons. The minimum absolute atomic E-state index is 0.0231. The molecular formula is C12H15BrN2O4S. The molecule has 0 heterocycles. The van der Waals surface area contributed by atoms with Crippen molar-refractivity contribution in [2.75, 3.05) is 7.11 Å². The van der Waals surface area contributed by atoms with Crippen LogP contribution in [0.4, 0.5) is 0 Å². The van der Waals surface area contributed by atoms with Gasteiger partial charge in [-0.25, -0.2) is 8.42 Å². The highest BCUT2D eigenvalue weighted by Crippen LogP contribution is 2.38. The van der Waals surface area contributed by atoms with E-state index >= 15 is 0 Å². The molecule has 2 rings (SSSR count). The third kappa shape index (κ3) is 2.68. The van der Waals surface area contributed by atoms with Crippen molar-refractivity contribution >= 4 is 31.9 Å². The second kappa shape index (κ2) is 5.01. The number of ether oxygens (including phenoxy) is 1. The first-order chi connectivity index (χ1) is 9.22. The molecule has 0 aliphatic heterocycles. The highest BCUT2D eigenvalue weighted by Gasteiger charge is 2.51. The molecule has 1 amide bonds. The number of benzene rings is 1. The zero-order valence-electron chi connectivity index (χ0n) is 11.1. The summed E-state index contributed by atoms with van der Waals surface area (Å²) in [7, 11) is -2.50. The maximum Gasteiger partial charge on any atom is 0.245 e. The Balaban J connectivity index is 2.45. The Labute approximate surface area is 125 Å². The Morgan fingerprint density at radius 3 is 2.50 bits per heavy atom. The average Bonchev–Trinajstić information content (AvgIpc) is 3.12. The lowest BCUT2D eigenvalue weighted by Crippen LogP contribution is -2.46. The number of aryl methyl sites for hydroxylation is 1. The fraction of sp³-hybridized carbons (Fsp3) is 0.417. The molecule has 1 aliphatic rings. The average molecular weight is 363 g/mol. The van der Waals surface area contributed by atoms with Gasteiger partial charge in [0, 0.05) is 4.47 Å². The maximum absolute atomic E-state index is 12.4. The van der Waals surface area contributed by atoms with Crippen LogP contribution in [0, 0.1) is 6.92 Å². The van der Waals surface area contributed by atoms with Crippen molar-refractivity contribution in [3.05, 3.63) is 22.2 Å². The van der Waals surface area contributed by atoms with Gasteiger partial charge in [0.15, 0.2) is 0 Å². The summed E-state index contributed by atoms with van der Waals surface area (Å²) in [6, 6.07) is 3.07. The summed E-state index contributed by atoms with van der Waals surface area (Å²) >= 11 is 3.29. The van der Waals surface area contributed by atoms with Crippen LogP contribution in [-0.2, 0) is 14.8 Å². The predicted octanol–water partition coefficient (Wildman–Crippen LogP) is 1.06. The van der Waals surface area contributed by atoms with Gasteiger partial charge in [-0.3, -0.25) is 4.79 Å². The Hall–Kier alpha value is -1.12. The Morgan fingerprint density at radius 2 is 2.05 bits per heavy atom. The Morgan fingerprint density at radius 1 is 1.45 bits per heavy atom. The highest BCUT2D eigenvalue weighted by molar-refractivity contribution is 9.10. The third-order valence-electron chi connectivity index (χ3n) is 3.29. The van der Waals surface area contributed by atoms with Crippen LogP contribution in [-0.4, -0.2) is 27.0 Å². The number of nitrogens with one attached hydrogen (secondary N) is 1. The van der Waals surface area contributed by atoms with Crippen LogP contribution in [0.25, 0.3) is 0 Å². The smallest absolute Gasteiger partial charge is 0.245 e. The molecule has 0 unspecified atom stereocenters. The van der Waals surface area contributed by atoms with Gasteiger partial charge in [-0.1, -0.05) is 15.9 Å². The summed E-state index contributed by atoms with van der Waals surface area (Å²) in [5, 5.41) is 0. The van der Waals surface area contributed by atoms with E-state index in [1.165, 1.54) is 13.2 Å². The van der Waals surface area contributed by atoms with Crippen LogP contribution in [0.5, 0.6) is 5.75 Å². The van der Waals surface area contributed by atoms with Crippen LogP contribution >= 0.6 is 15.9 Å². The molecule has 1 aromatic carbocycles. The quantitative estimate of drug-likeness (QED) is 0.817. The van der Waals surface area contributed by atoms with Crippen molar-refractivity contribution in [2.24, 2.45) is 5.73 Å². The molecule has 20 heavy (non-hydrogen) atoms. The second-order valence-electron chi connectivity index (χ2n) is 4.80. The monoisotopic (exact) mass is 362 g/mol. The highest BCUT2D eigenvalue weighted by atomic mass is 79.9. The zero-order valence-corrected chi connectivity index (χ0v) is 13.5. The van der Waals surface area contributed by atoms with Gasteiger partial charge < -0.3 is 10.5 Å². The SMILES string of the molecule is COc1cc(C)c(Br)cc1S(=O)(=O)NC1(C(N)=O)CC1. The van der Waals surface area contributed by atoms with E-state index < -0.39 is 21.5 Å². The van der Waals surface area contributed by atoms with Gasteiger partial charge in [-0.05, 0) is 37.5 Å². The summed E-state index contributed by atoms with van der Waals surface area (Å²) in [5.74, 6) is -0.440. The summed E-state index contributed by atoms with van der Waals surface area (Å²) in [6.45, 7) is 1.82. The standard InChI is InChI=1S/C12H15BrN2O4S/c1-7-5-9(19-2)10(6-8(7)13)20(17,18)15-12(3-4-12)11(14)16/h5-6,15H,3-4H2,1-2H3,(H2,14,16). The number of hydrogen-bond acceptors (Lipinski definition) is 4. The summed E-state index contributed by atoms with van der Waals surface area (Å²) < 4.78 is 33.0. The van der Waals surface area contributed by atoms with Crippen LogP contribution in [0.1, 0.15) is 18.4 Å². The molecule has 8 heteroatoms. The molecular weight excluding hydrogens is 348 g/mol. The minimum atomic E-state index is -3.89. The van der Waals surface area contributed by atoms with Gasteiger partial charge in [0.2, 0.25) is 15.9 Å². The van der Waals surface area contributed by atoms with Gasteiger partial charge in [-0.15, -0.1) is 0 Å². The zero-order chi connectivity index (χ0) is 15.1. The molecule has 1 aliphatic carbocycles. The number of hydrogen-bond donors (Lipinski definition) is 2. The lowest BCUT2D eigenvalue weighted by Gasteiger charge is -2.16. The van der Waals surface area contributed by atoms with Crippen LogP contribution in [0.3, 0.4) is 0 Å². The fourth-order valence-corrected chi connectivity index (χ4v) is 3.95. The summed E-state index contributed by atoms with van der Waals surface area (Å²) in [5.41, 5.74) is 4.93. The van der Waals surface area contributed by atoms with Gasteiger partial charge in [0.05, 0.1) is 7.11 Å². The number of sulfonamides is 1. The molecule has 1 aromatic rings. The number of nitrogens with two attached hydrogens (primary N) is 1. The molecule has 0 aromatic heterocycles. The van der Waals surface area contributed by atoms with Crippen molar-refractivity contribution in [3.63, 3.8) is 0 Å². The molecule has 0 bridgehead atoms. The number of halogens is 1. The minimum Gasteiger partial charge on any atom is -0.495 e. The first-order valence-corrected chi connectivity index (χ1v) is 8.17. The van der Waals surface area contributed by atoms with E-state index in [-0.39, 0.29) is 10.6 Å². The summed E-state index contributed by atoms with van der Waals surface area (Å²) in [6.07, 6.45) is 0.827. The van der Waals surface area contributed by atoms with Gasteiger partial charge >= 0.3 is 0 Å². The van der Waals surface area contributed by atoms with Gasteiger partial charge in [0.25, 0.3) is 0 Å². The van der Waals surface area contributed by atoms with Crippen molar-refractivity contribution < 1.29 is 17.9 Å². The number of carbonyl (C=O) groups excluding carboxylic acids is 1. The third-order valence-corrected chi connectivity index (χ3v) is 5.70. The molecule has 0 atom stereocenters. The molecule has 0 saturated heterocycles. The van der Waals surface area contributed by atoms with E-state index in [1.54, 1.807) is 6.07 Å². The lowest BCUT2D eigenvalue weighted by molar-refractivity contribution is -0.120. The van der Waals surface area contributed by atoms with E-state index in [0.29, 0.717) is 17.3 Å². The van der Waals surface area contributed by atoms with Crippen LogP contribution < -0.4 is 15.2 Å². The van der Waals surface area contributed by atoms with Crippen molar-refractivity contribution in [3.8, 4) is 5.75 Å². The van der Waals surface area contributed by atoms with Crippen molar-refractivity contribution in [1.82, 2.24) is 4.72 Å².